The molecule has 0 spiro atoms. The van der Waals surface area contributed by atoms with Crippen LogP contribution in [0.5, 0.6) is 0 Å². The molecule has 0 rings (SSSR count). The van der Waals surface area contributed by atoms with Crippen LogP contribution >= 0.6 is 0 Å². The minimum absolute atomic E-state index is 0.00468. The van der Waals surface area contributed by atoms with Crippen molar-refractivity contribution in [1.82, 2.24) is 0 Å². The summed E-state index contributed by atoms with van der Waals surface area (Å²) >= 11 is 0. The molecule has 0 N–H and O–H groups in total. The van der Waals surface area contributed by atoms with Crippen molar-refractivity contribution in [2.45, 2.75) is 26.7 Å². The SMILES string of the molecule is CC/C(=C/C(C#N)(C#N)CC)C(=O)[O-]. The summed E-state index contributed by atoms with van der Waals surface area (Å²) in [6, 6.07) is 3.61. The van der Waals surface area contributed by atoms with Gasteiger partial charge in [0.15, 0.2) is 5.41 Å². The van der Waals surface area contributed by atoms with Crippen LogP contribution in [-0.2, 0) is 4.79 Å². The molecule has 0 aliphatic heterocycles. The first-order valence-electron chi connectivity index (χ1n) is 4.30. The average Bonchev–Trinajstić information content (AvgIpc) is 2.20. The zero-order valence-corrected chi connectivity index (χ0v) is 8.20. The molecular weight excluding hydrogens is 180 g/mol. The normalized spacial score (nSPS) is 11.6. The molecule has 0 saturated carbocycles. The molecule has 0 aromatic heterocycles. The molecule has 0 fully saturated rings. The number of rotatable bonds is 4. The Morgan fingerprint density at radius 3 is 2.14 bits per heavy atom. The Morgan fingerprint density at radius 2 is 1.93 bits per heavy atom. The minimum Gasteiger partial charge on any atom is -0.545 e. The summed E-state index contributed by atoms with van der Waals surface area (Å²) in [6.07, 6.45) is 1.69. The van der Waals surface area contributed by atoms with Gasteiger partial charge in [-0.05, 0) is 24.5 Å². The van der Waals surface area contributed by atoms with Gasteiger partial charge in [-0.2, -0.15) is 10.5 Å². The Balaban J connectivity index is 5.20. The third kappa shape index (κ3) is 2.60. The molecule has 0 aromatic carbocycles. The lowest BCUT2D eigenvalue weighted by molar-refractivity contribution is -0.299. The van der Waals surface area contributed by atoms with E-state index in [4.69, 9.17) is 10.5 Å². The second kappa shape index (κ2) is 5.04. The van der Waals surface area contributed by atoms with Crippen LogP contribution in [0.2, 0.25) is 0 Å². The summed E-state index contributed by atoms with van der Waals surface area (Å²) in [7, 11) is 0. The standard InChI is InChI=1S/C10H12N2O2/c1-3-8(9(13)14)5-10(4-2,6-11)7-12/h5H,3-4H2,1-2H3,(H,13,14)/p-1/b8-5-. The average molecular weight is 191 g/mol. The molecule has 74 valence electrons. The molecule has 0 heterocycles. The Labute approximate surface area is 83.1 Å². The van der Waals surface area contributed by atoms with E-state index in [0.29, 0.717) is 0 Å². The number of carbonyl (C=O) groups is 1. The molecule has 4 heteroatoms. The van der Waals surface area contributed by atoms with Gasteiger partial charge in [-0.3, -0.25) is 0 Å². The molecule has 0 amide bonds. The molecule has 0 atom stereocenters. The molecule has 4 nitrogen and oxygen atoms in total. The van der Waals surface area contributed by atoms with E-state index >= 15 is 0 Å². The second-order valence-electron chi connectivity index (χ2n) is 2.86. The fourth-order valence-corrected chi connectivity index (χ4v) is 0.952. The van der Waals surface area contributed by atoms with E-state index < -0.39 is 11.4 Å². The van der Waals surface area contributed by atoms with Gasteiger partial charge in [0.2, 0.25) is 0 Å². The predicted molar refractivity (Wildman–Crippen MR) is 47.3 cm³/mol. The van der Waals surface area contributed by atoms with E-state index in [1.807, 2.05) is 0 Å². The Morgan fingerprint density at radius 1 is 1.43 bits per heavy atom. The van der Waals surface area contributed by atoms with Crippen LogP contribution in [0, 0.1) is 28.1 Å². The van der Waals surface area contributed by atoms with E-state index in [1.165, 1.54) is 6.08 Å². The Bertz CT molecular complexity index is 317. The number of nitrogens with zero attached hydrogens (tertiary/aromatic N) is 2. The molecule has 0 saturated heterocycles. The second-order valence-corrected chi connectivity index (χ2v) is 2.86. The van der Waals surface area contributed by atoms with Crippen molar-refractivity contribution in [2.24, 2.45) is 5.41 Å². The highest BCUT2D eigenvalue weighted by Gasteiger charge is 2.25. The Kier molecular flexibility index (Phi) is 4.38. The molecule has 0 bridgehead atoms. The molecule has 0 aliphatic carbocycles. The lowest BCUT2D eigenvalue weighted by Crippen LogP contribution is -2.26. The maximum atomic E-state index is 10.6. The fourth-order valence-electron chi connectivity index (χ4n) is 0.952. The van der Waals surface area contributed by atoms with Gasteiger partial charge in [0.05, 0.1) is 18.1 Å². The highest BCUT2D eigenvalue weighted by atomic mass is 16.4. The molecule has 0 radical (unpaired) electrons. The van der Waals surface area contributed by atoms with E-state index in [9.17, 15) is 9.90 Å². The topological polar surface area (TPSA) is 87.7 Å². The highest BCUT2D eigenvalue weighted by Crippen LogP contribution is 2.24. The van der Waals surface area contributed by atoms with E-state index in [0.717, 1.165) is 0 Å². The number of hydrogen-bond donors (Lipinski definition) is 0. The monoisotopic (exact) mass is 191 g/mol. The molecule has 14 heavy (non-hydrogen) atoms. The van der Waals surface area contributed by atoms with Gasteiger partial charge in [-0.25, -0.2) is 0 Å². The van der Waals surface area contributed by atoms with Crippen molar-refractivity contribution in [3.63, 3.8) is 0 Å². The number of carboxylic acids is 1. The zero-order valence-electron chi connectivity index (χ0n) is 8.20. The van der Waals surface area contributed by atoms with Crippen molar-refractivity contribution in [3.8, 4) is 12.1 Å². The third-order valence-corrected chi connectivity index (χ3v) is 2.02. The van der Waals surface area contributed by atoms with Gasteiger partial charge < -0.3 is 9.90 Å². The number of carbonyl (C=O) groups excluding carboxylic acids is 1. The number of aliphatic carboxylic acids is 1. The van der Waals surface area contributed by atoms with Crippen LogP contribution in [-0.4, -0.2) is 5.97 Å². The van der Waals surface area contributed by atoms with Gasteiger partial charge in [0, 0.05) is 0 Å². The van der Waals surface area contributed by atoms with Crippen molar-refractivity contribution in [1.29, 1.82) is 10.5 Å². The maximum Gasteiger partial charge on any atom is 0.162 e. The summed E-state index contributed by atoms with van der Waals surface area (Å²) in [6.45, 7) is 3.29. The predicted octanol–water partition coefficient (Wildman–Crippen LogP) is 0.516. The van der Waals surface area contributed by atoms with Crippen molar-refractivity contribution < 1.29 is 9.90 Å². The number of nitriles is 2. The summed E-state index contributed by atoms with van der Waals surface area (Å²) in [5.74, 6) is -1.32. The smallest absolute Gasteiger partial charge is 0.162 e. The third-order valence-electron chi connectivity index (χ3n) is 2.02. The molecule has 0 aliphatic rings. The fraction of sp³-hybridized carbons (Fsp3) is 0.500. The summed E-state index contributed by atoms with van der Waals surface area (Å²) in [5.41, 5.74) is -1.35. The van der Waals surface area contributed by atoms with Crippen LogP contribution in [0.15, 0.2) is 11.6 Å². The first kappa shape index (κ1) is 12.2. The van der Waals surface area contributed by atoms with Gasteiger partial charge in [0.25, 0.3) is 0 Å². The quantitative estimate of drug-likeness (QED) is 0.606. The summed E-state index contributed by atoms with van der Waals surface area (Å²) < 4.78 is 0. The number of carboxylic acid groups (broad SMARTS) is 1. The van der Waals surface area contributed by atoms with Crippen molar-refractivity contribution in [2.75, 3.05) is 0 Å². The van der Waals surface area contributed by atoms with Crippen LogP contribution in [0.3, 0.4) is 0 Å². The lowest BCUT2D eigenvalue weighted by atomic mass is 9.86. The highest BCUT2D eigenvalue weighted by molar-refractivity contribution is 5.84. The van der Waals surface area contributed by atoms with Crippen LogP contribution < -0.4 is 5.11 Å². The zero-order chi connectivity index (χ0) is 11.2. The Hall–Kier alpha value is -1.81. The van der Waals surface area contributed by atoms with Crippen LogP contribution in [0.1, 0.15) is 26.7 Å². The first-order chi connectivity index (χ1) is 6.55. The maximum absolute atomic E-state index is 10.6. The van der Waals surface area contributed by atoms with Gasteiger partial charge in [0.1, 0.15) is 0 Å². The lowest BCUT2D eigenvalue weighted by Gasteiger charge is -2.14. The van der Waals surface area contributed by atoms with Gasteiger partial charge in [-0.15, -0.1) is 0 Å². The van der Waals surface area contributed by atoms with Crippen molar-refractivity contribution in [3.05, 3.63) is 11.6 Å². The van der Waals surface area contributed by atoms with Gasteiger partial charge in [-0.1, -0.05) is 13.8 Å². The van der Waals surface area contributed by atoms with E-state index in [2.05, 4.69) is 0 Å². The van der Waals surface area contributed by atoms with Crippen molar-refractivity contribution >= 4 is 5.97 Å². The molecule has 0 aromatic rings. The number of allylic oxidation sites excluding steroid dienone is 1. The summed E-state index contributed by atoms with van der Waals surface area (Å²) in [5, 5.41) is 28.1. The molecular formula is C10H11N2O2-. The van der Waals surface area contributed by atoms with E-state index in [1.54, 1.807) is 26.0 Å². The van der Waals surface area contributed by atoms with Crippen LogP contribution in [0.4, 0.5) is 0 Å². The number of hydrogen-bond acceptors (Lipinski definition) is 4. The van der Waals surface area contributed by atoms with Crippen LogP contribution in [0.25, 0.3) is 0 Å². The summed E-state index contributed by atoms with van der Waals surface area (Å²) in [4.78, 5) is 10.6. The molecule has 0 unspecified atom stereocenters. The minimum atomic E-state index is -1.34. The largest absolute Gasteiger partial charge is 0.545 e. The first-order valence-corrected chi connectivity index (χ1v) is 4.30. The van der Waals surface area contributed by atoms with E-state index in [-0.39, 0.29) is 18.4 Å². The van der Waals surface area contributed by atoms with Gasteiger partial charge >= 0.3 is 0 Å².